The summed E-state index contributed by atoms with van der Waals surface area (Å²) in [5.41, 5.74) is 9.23. The van der Waals surface area contributed by atoms with Crippen LogP contribution in [0, 0.1) is 12.8 Å². The fourth-order valence-electron chi connectivity index (χ4n) is 3.03. The van der Waals surface area contributed by atoms with Crippen LogP contribution in [0.15, 0.2) is 24.3 Å². The summed E-state index contributed by atoms with van der Waals surface area (Å²) in [7, 11) is 0. The van der Waals surface area contributed by atoms with Gasteiger partial charge in [0.05, 0.1) is 6.04 Å². The quantitative estimate of drug-likeness (QED) is 0.773. The van der Waals surface area contributed by atoms with Crippen LogP contribution >= 0.6 is 0 Å². The van der Waals surface area contributed by atoms with Crippen LogP contribution in [-0.2, 0) is 0 Å². The largest absolute Gasteiger partial charge is 0.326 e. The fourth-order valence-corrected chi connectivity index (χ4v) is 3.03. The molecule has 0 amide bonds. The highest BCUT2D eigenvalue weighted by Gasteiger charge is 2.36. The maximum absolute atomic E-state index is 6.52. The summed E-state index contributed by atoms with van der Waals surface area (Å²) >= 11 is 0. The van der Waals surface area contributed by atoms with Crippen molar-refractivity contribution in [2.24, 2.45) is 11.7 Å². The molecule has 0 aliphatic heterocycles. The summed E-state index contributed by atoms with van der Waals surface area (Å²) in [6.45, 7) is 10.2. The Morgan fingerprint density at radius 2 is 1.81 bits per heavy atom. The van der Waals surface area contributed by atoms with E-state index in [0.29, 0.717) is 6.04 Å². The number of rotatable bonds is 8. The third-order valence-electron chi connectivity index (χ3n) is 4.63. The Hall–Kier alpha value is -0.860. The van der Waals surface area contributed by atoms with E-state index >= 15 is 0 Å². The van der Waals surface area contributed by atoms with Gasteiger partial charge in [0.15, 0.2) is 0 Å². The minimum Gasteiger partial charge on any atom is -0.326 e. The van der Waals surface area contributed by atoms with E-state index < -0.39 is 0 Å². The molecule has 0 spiro atoms. The molecule has 2 unspecified atom stereocenters. The lowest BCUT2D eigenvalue weighted by molar-refractivity contribution is 0.151. The Labute approximate surface area is 130 Å². The lowest BCUT2D eigenvalue weighted by Crippen LogP contribution is -2.42. The van der Waals surface area contributed by atoms with Crippen LogP contribution in [0.2, 0.25) is 0 Å². The van der Waals surface area contributed by atoms with Crippen molar-refractivity contribution in [2.75, 3.05) is 6.54 Å². The topological polar surface area (TPSA) is 29.3 Å². The highest BCUT2D eigenvalue weighted by Crippen LogP contribution is 2.37. The van der Waals surface area contributed by atoms with Gasteiger partial charge in [0.25, 0.3) is 0 Å². The highest BCUT2D eigenvalue weighted by atomic mass is 15.2. The Morgan fingerprint density at radius 3 is 2.29 bits per heavy atom. The summed E-state index contributed by atoms with van der Waals surface area (Å²) in [4.78, 5) is 2.69. The van der Waals surface area contributed by atoms with E-state index in [1.165, 1.54) is 36.9 Å². The zero-order chi connectivity index (χ0) is 15.4. The number of hydrogen-bond acceptors (Lipinski definition) is 2. The molecule has 1 aliphatic rings. The van der Waals surface area contributed by atoms with Gasteiger partial charge in [-0.3, -0.25) is 4.90 Å². The zero-order valence-electron chi connectivity index (χ0n) is 14.2. The third kappa shape index (κ3) is 4.55. The van der Waals surface area contributed by atoms with E-state index in [-0.39, 0.29) is 6.04 Å². The summed E-state index contributed by atoms with van der Waals surface area (Å²) in [5.74, 6) is 0.753. The van der Waals surface area contributed by atoms with E-state index in [4.69, 9.17) is 5.73 Å². The molecule has 0 radical (unpaired) electrons. The van der Waals surface area contributed by atoms with Crippen LogP contribution in [-0.4, -0.2) is 23.5 Å². The molecule has 1 fully saturated rings. The molecule has 118 valence electrons. The van der Waals surface area contributed by atoms with Crippen LogP contribution in [0.5, 0.6) is 0 Å². The number of benzene rings is 1. The van der Waals surface area contributed by atoms with Gasteiger partial charge in [-0.2, -0.15) is 0 Å². The van der Waals surface area contributed by atoms with Crippen LogP contribution in [0.1, 0.15) is 63.6 Å². The van der Waals surface area contributed by atoms with E-state index in [1.807, 2.05) is 0 Å². The molecule has 2 heteroatoms. The molecule has 1 aliphatic carbocycles. The molecule has 0 bridgehead atoms. The first-order chi connectivity index (χ1) is 10.0. The fraction of sp³-hybridized carbons (Fsp3) is 0.684. The summed E-state index contributed by atoms with van der Waals surface area (Å²) in [6.07, 6.45) is 4.98. The number of hydrogen-bond donors (Lipinski definition) is 1. The Balaban J connectivity index is 2.21. The SMILES string of the molecule is CCC(N)C(c1ccc(C)cc1)N(CCC(C)C)C1CC1. The molecule has 0 saturated heterocycles. The van der Waals surface area contributed by atoms with Gasteiger partial charge in [-0.25, -0.2) is 0 Å². The average molecular weight is 288 g/mol. The normalized spacial score (nSPS) is 18.2. The van der Waals surface area contributed by atoms with Gasteiger partial charge in [-0.15, -0.1) is 0 Å². The first-order valence-electron chi connectivity index (χ1n) is 8.60. The predicted octanol–water partition coefficient (Wildman–Crippen LogP) is 4.28. The number of aryl methyl sites for hydroxylation is 1. The zero-order valence-corrected chi connectivity index (χ0v) is 14.2. The van der Waals surface area contributed by atoms with Crippen LogP contribution in [0.3, 0.4) is 0 Å². The third-order valence-corrected chi connectivity index (χ3v) is 4.63. The van der Waals surface area contributed by atoms with E-state index in [1.54, 1.807) is 0 Å². The molecular formula is C19H32N2. The molecule has 1 aromatic rings. The molecular weight excluding hydrogens is 256 g/mol. The van der Waals surface area contributed by atoms with E-state index in [2.05, 4.69) is 56.9 Å². The first kappa shape index (κ1) is 16.5. The standard InChI is InChI=1S/C19H32N2/c1-5-18(20)19(16-8-6-15(4)7-9-16)21(17-10-11-17)13-12-14(2)3/h6-9,14,17-19H,5,10-13,20H2,1-4H3. The first-order valence-corrected chi connectivity index (χ1v) is 8.60. The Bertz CT molecular complexity index is 420. The van der Waals surface area contributed by atoms with Gasteiger partial charge in [-0.1, -0.05) is 50.6 Å². The van der Waals surface area contributed by atoms with Gasteiger partial charge in [0.2, 0.25) is 0 Å². The van der Waals surface area contributed by atoms with Crippen molar-refractivity contribution in [2.45, 2.75) is 71.5 Å². The summed E-state index contributed by atoms with van der Waals surface area (Å²) in [5, 5.41) is 0. The Morgan fingerprint density at radius 1 is 1.19 bits per heavy atom. The minimum atomic E-state index is 0.223. The molecule has 2 rings (SSSR count). The summed E-state index contributed by atoms with van der Waals surface area (Å²) in [6, 6.07) is 10.4. The smallest absolute Gasteiger partial charge is 0.0501 e. The van der Waals surface area contributed by atoms with Crippen molar-refractivity contribution in [3.8, 4) is 0 Å². The van der Waals surface area contributed by atoms with Crippen molar-refractivity contribution in [1.29, 1.82) is 0 Å². The second kappa shape index (κ2) is 7.42. The van der Waals surface area contributed by atoms with Crippen LogP contribution in [0.4, 0.5) is 0 Å². The van der Waals surface area contributed by atoms with Gasteiger partial charge in [0, 0.05) is 12.1 Å². The predicted molar refractivity (Wildman–Crippen MR) is 91.4 cm³/mol. The van der Waals surface area contributed by atoms with Crippen molar-refractivity contribution in [1.82, 2.24) is 4.90 Å². The minimum absolute atomic E-state index is 0.223. The van der Waals surface area contributed by atoms with Crippen molar-refractivity contribution >= 4 is 0 Å². The molecule has 0 heterocycles. The lowest BCUT2D eigenvalue weighted by atomic mass is 9.94. The lowest BCUT2D eigenvalue weighted by Gasteiger charge is -2.36. The van der Waals surface area contributed by atoms with Gasteiger partial charge in [-0.05, 0) is 50.6 Å². The van der Waals surface area contributed by atoms with E-state index in [0.717, 1.165) is 18.4 Å². The monoisotopic (exact) mass is 288 g/mol. The van der Waals surface area contributed by atoms with Crippen molar-refractivity contribution < 1.29 is 0 Å². The molecule has 1 aromatic carbocycles. The maximum Gasteiger partial charge on any atom is 0.0501 e. The second-order valence-corrected chi connectivity index (χ2v) is 7.08. The molecule has 2 atom stereocenters. The second-order valence-electron chi connectivity index (χ2n) is 7.08. The molecule has 21 heavy (non-hydrogen) atoms. The molecule has 2 nitrogen and oxygen atoms in total. The van der Waals surface area contributed by atoms with Crippen molar-refractivity contribution in [3.63, 3.8) is 0 Å². The highest BCUT2D eigenvalue weighted by molar-refractivity contribution is 5.26. The number of nitrogens with zero attached hydrogens (tertiary/aromatic N) is 1. The Kier molecular flexibility index (Phi) is 5.83. The van der Waals surface area contributed by atoms with Crippen LogP contribution < -0.4 is 5.73 Å². The summed E-state index contributed by atoms with van der Waals surface area (Å²) < 4.78 is 0. The maximum atomic E-state index is 6.52. The van der Waals surface area contributed by atoms with Crippen LogP contribution in [0.25, 0.3) is 0 Å². The number of nitrogens with two attached hydrogens (primary N) is 1. The van der Waals surface area contributed by atoms with Crippen molar-refractivity contribution in [3.05, 3.63) is 35.4 Å². The molecule has 1 saturated carbocycles. The average Bonchev–Trinajstić information content (AvgIpc) is 3.28. The van der Waals surface area contributed by atoms with Gasteiger partial charge in [0.1, 0.15) is 0 Å². The van der Waals surface area contributed by atoms with Gasteiger partial charge < -0.3 is 5.73 Å². The molecule has 2 N–H and O–H groups in total. The van der Waals surface area contributed by atoms with Gasteiger partial charge >= 0.3 is 0 Å². The van der Waals surface area contributed by atoms with E-state index in [9.17, 15) is 0 Å². The molecule has 0 aromatic heterocycles.